The Morgan fingerprint density at radius 2 is 2.33 bits per heavy atom. The molecule has 0 spiro atoms. The molecule has 3 nitrogen and oxygen atoms in total. The number of nitrogens with one attached hydrogen (secondary N) is 1. The van der Waals surface area contributed by atoms with Crippen LogP contribution in [0.1, 0.15) is 18.4 Å². The molecule has 0 bridgehead atoms. The van der Waals surface area contributed by atoms with Crippen molar-refractivity contribution in [2.45, 2.75) is 30.3 Å². The Labute approximate surface area is 110 Å². The van der Waals surface area contributed by atoms with E-state index in [0.29, 0.717) is 17.5 Å². The summed E-state index contributed by atoms with van der Waals surface area (Å²) in [6.45, 7) is 0.645. The monoisotopic (exact) mass is 269 g/mol. The lowest BCUT2D eigenvalue weighted by Crippen LogP contribution is -2.16. The molecule has 0 saturated heterocycles. The van der Waals surface area contributed by atoms with Gasteiger partial charge in [-0.2, -0.15) is 0 Å². The number of hydrogen-bond acceptors (Lipinski definition) is 4. The van der Waals surface area contributed by atoms with Crippen LogP contribution in [0.4, 0.5) is 4.39 Å². The maximum Gasteiger partial charge on any atom is 0.315 e. The lowest BCUT2D eigenvalue weighted by Gasteiger charge is -2.10. The van der Waals surface area contributed by atoms with E-state index in [0.717, 1.165) is 5.56 Å². The molecule has 0 unspecified atom stereocenters. The van der Waals surface area contributed by atoms with Gasteiger partial charge in [-0.3, -0.25) is 4.79 Å². The van der Waals surface area contributed by atoms with E-state index < -0.39 is 0 Å². The molecular weight excluding hydrogens is 253 g/mol. The van der Waals surface area contributed by atoms with E-state index in [1.54, 1.807) is 6.07 Å². The lowest BCUT2D eigenvalue weighted by molar-refractivity contribution is -0.137. The van der Waals surface area contributed by atoms with Gasteiger partial charge in [0.2, 0.25) is 0 Å². The molecular formula is C13H16FNO2S. The first-order valence-electron chi connectivity index (χ1n) is 5.91. The predicted molar refractivity (Wildman–Crippen MR) is 69.0 cm³/mol. The zero-order valence-electron chi connectivity index (χ0n) is 10.2. The normalized spacial score (nSPS) is 14.6. The first-order valence-corrected chi connectivity index (χ1v) is 6.89. The topological polar surface area (TPSA) is 38.3 Å². The van der Waals surface area contributed by atoms with E-state index in [2.05, 4.69) is 10.1 Å². The van der Waals surface area contributed by atoms with Crippen LogP contribution in [0.15, 0.2) is 23.1 Å². The highest BCUT2D eigenvalue weighted by Gasteiger charge is 2.21. The molecule has 98 valence electrons. The highest BCUT2D eigenvalue weighted by molar-refractivity contribution is 8.00. The van der Waals surface area contributed by atoms with Crippen molar-refractivity contribution in [2.75, 3.05) is 12.9 Å². The number of halogens is 1. The Morgan fingerprint density at radius 3 is 3.00 bits per heavy atom. The Bertz CT molecular complexity index is 435. The minimum atomic E-state index is -0.343. The number of methoxy groups -OCH3 is 1. The van der Waals surface area contributed by atoms with Crippen molar-refractivity contribution >= 4 is 17.7 Å². The number of thioether (sulfide) groups is 1. The van der Waals surface area contributed by atoms with E-state index in [-0.39, 0.29) is 17.5 Å². The quantitative estimate of drug-likeness (QED) is 0.635. The smallest absolute Gasteiger partial charge is 0.315 e. The van der Waals surface area contributed by atoms with Crippen LogP contribution >= 0.6 is 11.8 Å². The fraction of sp³-hybridized carbons (Fsp3) is 0.462. The van der Waals surface area contributed by atoms with Crippen molar-refractivity contribution in [3.05, 3.63) is 29.6 Å². The van der Waals surface area contributed by atoms with Crippen LogP contribution in [-0.4, -0.2) is 24.9 Å². The molecule has 0 radical (unpaired) electrons. The fourth-order valence-electron chi connectivity index (χ4n) is 1.59. The highest BCUT2D eigenvalue weighted by atomic mass is 32.2. The first-order chi connectivity index (χ1) is 8.70. The minimum absolute atomic E-state index is 0.133. The van der Waals surface area contributed by atoms with Crippen molar-refractivity contribution in [1.29, 1.82) is 0 Å². The molecule has 1 aliphatic rings. The average molecular weight is 269 g/mol. The number of rotatable bonds is 6. The summed E-state index contributed by atoms with van der Waals surface area (Å²) in [5.74, 6) is -0.489. The van der Waals surface area contributed by atoms with E-state index in [4.69, 9.17) is 0 Å². The van der Waals surface area contributed by atoms with Gasteiger partial charge in [-0.05, 0) is 24.5 Å². The molecule has 2 rings (SSSR count). The number of hydrogen-bond donors (Lipinski definition) is 1. The second kappa shape index (κ2) is 6.20. The summed E-state index contributed by atoms with van der Waals surface area (Å²) in [6.07, 6.45) is 2.39. The molecule has 1 saturated carbocycles. The van der Waals surface area contributed by atoms with Gasteiger partial charge in [-0.25, -0.2) is 4.39 Å². The zero-order chi connectivity index (χ0) is 13.0. The van der Waals surface area contributed by atoms with Crippen LogP contribution in [0.2, 0.25) is 0 Å². The third-order valence-corrected chi connectivity index (χ3v) is 3.90. The molecule has 0 aromatic heterocycles. The van der Waals surface area contributed by atoms with Gasteiger partial charge in [-0.1, -0.05) is 12.1 Å². The van der Waals surface area contributed by atoms with Crippen molar-refractivity contribution < 1.29 is 13.9 Å². The maximum absolute atomic E-state index is 13.7. The summed E-state index contributed by atoms with van der Waals surface area (Å²) < 4.78 is 18.3. The molecule has 5 heteroatoms. The van der Waals surface area contributed by atoms with Crippen LogP contribution in [0.25, 0.3) is 0 Å². The standard InChI is InChI=1S/C13H16FNO2S/c1-17-12(16)8-18-13-9(3-2-4-11(13)14)7-15-10-5-6-10/h2-4,10,15H,5-8H2,1H3. The maximum atomic E-state index is 13.7. The second-order valence-corrected chi connectivity index (χ2v) is 5.23. The summed E-state index contributed by atoms with van der Waals surface area (Å²) in [7, 11) is 1.33. The van der Waals surface area contributed by atoms with Crippen molar-refractivity contribution in [1.82, 2.24) is 5.32 Å². The molecule has 0 heterocycles. The molecule has 0 atom stereocenters. The van der Waals surface area contributed by atoms with Crippen LogP contribution in [0, 0.1) is 5.82 Å². The zero-order valence-corrected chi connectivity index (χ0v) is 11.1. The van der Waals surface area contributed by atoms with Gasteiger partial charge >= 0.3 is 5.97 Å². The Morgan fingerprint density at radius 1 is 1.56 bits per heavy atom. The Balaban J connectivity index is 2.02. The van der Waals surface area contributed by atoms with Crippen LogP contribution in [0.3, 0.4) is 0 Å². The third kappa shape index (κ3) is 3.71. The van der Waals surface area contributed by atoms with Crippen LogP contribution in [0.5, 0.6) is 0 Å². The summed E-state index contributed by atoms with van der Waals surface area (Å²) in [5, 5.41) is 3.35. The third-order valence-electron chi connectivity index (χ3n) is 2.77. The van der Waals surface area contributed by atoms with Gasteiger partial charge in [0.05, 0.1) is 12.9 Å². The molecule has 1 aromatic carbocycles. The van der Waals surface area contributed by atoms with E-state index in [9.17, 15) is 9.18 Å². The fourth-order valence-corrected chi connectivity index (χ4v) is 2.50. The van der Waals surface area contributed by atoms with Crippen molar-refractivity contribution in [2.24, 2.45) is 0 Å². The molecule has 1 aliphatic carbocycles. The Hall–Kier alpha value is -1.07. The number of esters is 1. The first kappa shape index (κ1) is 13.4. The predicted octanol–water partition coefficient (Wildman–Crippen LogP) is 2.34. The van der Waals surface area contributed by atoms with Gasteiger partial charge < -0.3 is 10.1 Å². The summed E-state index contributed by atoms with van der Waals surface area (Å²) in [4.78, 5) is 11.6. The molecule has 0 amide bonds. The molecule has 1 N–H and O–H groups in total. The molecule has 1 aromatic rings. The van der Waals surface area contributed by atoms with Crippen LogP contribution < -0.4 is 5.32 Å². The lowest BCUT2D eigenvalue weighted by atomic mass is 10.2. The van der Waals surface area contributed by atoms with Crippen LogP contribution in [-0.2, 0) is 16.1 Å². The second-order valence-electron chi connectivity index (χ2n) is 4.25. The van der Waals surface area contributed by atoms with Gasteiger partial charge in [0.25, 0.3) is 0 Å². The number of benzene rings is 1. The molecule has 18 heavy (non-hydrogen) atoms. The van der Waals surface area contributed by atoms with E-state index in [1.165, 1.54) is 37.8 Å². The molecule has 0 aliphatic heterocycles. The summed E-state index contributed by atoms with van der Waals surface area (Å²) in [5.41, 5.74) is 0.899. The minimum Gasteiger partial charge on any atom is -0.468 e. The number of ether oxygens (including phenoxy) is 1. The summed E-state index contributed by atoms with van der Waals surface area (Å²) >= 11 is 1.19. The average Bonchev–Trinajstić information content (AvgIpc) is 3.18. The van der Waals surface area contributed by atoms with Gasteiger partial charge in [0.15, 0.2) is 0 Å². The van der Waals surface area contributed by atoms with E-state index in [1.807, 2.05) is 6.07 Å². The van der Waals surface area contributed by atoms with Gasteiger partial charge in [0, 0.05) is 17.5 Å². The highest BCUT2D eigenvalue weighted by Crippen LogP contribution is 2.27. The van der Waals surface area contributed by atoms with Gasteiger partial charge in [0.1, 0.15) is 5.82 Å². The van der Waals surface area contributed by atoms with Crippen molar-refractivity contribution in [3.8, 4) is 0 Å². The number of carbonyl (C=O) groups is 1. The van der Waals surface area contributed by atoms with E-state index >= 15 is 0 Å². The summed E-state index contributed by atoms with van der Waals surface area (Å²) in [6, 6.07) is 5.58. The van der Waals surface area contributed by atoms with Crippen molar-refractivity contribution in [3.63, 3.8) is 0 Å². The largest absolute Gasteiger partial charge is 0.468 e. The Kier molecular flexibility index (Phi) is 4.60. The SMILES string of the molecule is COC(=O)CSc1c(F)cccc1CNC1CC1. The van der Waals surface area contributed by atoms with Gasteiger partial charge in [-0.15, -0.1) is 11.8 Å². The molecule has 1 fully saturated rings. The number of carbonyl (C=O) groups excluding carboxylic acids is 1.